The van der Waals surface area contributed by atoms with Crippen molar-refractivity contribution in [3.63, 3.8) is 0 Å². The molecule has 1 aliphatic rings. The molecule has 4 heteroatoms. The zero-order valence-electron chi connectivity index (χ0n) is 12.4. The predicted molar refractivity (Wildman–Crippen MR) is 97.8 cm³/mol. The summed E-state index contributed by atoms with van der Waals surface area (Å²) in [5, 5.41) is 4.13. The molecule has 0 atom stereocenters. The quantitative estimate of drug-likeness (QED) is 0.549. The molecular weight excluding hydrogens is 329 g/mol. The molecule has 0 radical (unpaired) electrons. The van der Waals surface area contributed by atoms with Gasteiger partial charge >= 0.3 is 0 Å². The molecule has 3 rings (SSSR count). The lowest BCUT2D eigenvalue weighted by atomic mass is 9.92. The first-order valence-corrected chi connectivity index (χ1v) is 8.07. The van der Waals surface area contributed by atoms with Crippen molar-refractivity contribution in [2.75, 3.05) is 5.32 Å². The number of nitrogens with one attached hydrogen (secondary N) is 1. The lowest BCUT2D eigenvalue weighted by Crippen LogP contribution is -2.06. The molecule has 0 saturated heterocycles. The fourth-order valence-corrected chi connectivity index (χ4v) is 3.14. The van der Waals surface area contributed by atoms with Crippen molar-refractivity contribution < 1.29 is 4.79 Å². The van der Waals surface area contributed by atoms with Gasteiger partial charge in [0.05, 0.1) is 11.3 Å². The van der Waals surface area contributed by atoms with Crippen molar-refractivity contribution in [1.29, 1.82) is 0 Å². The first-order chi connectivity index (χ1) is 11.1. The van der Waals surface area contributed by atoms with Crippen LogP contribution in [0.1, 0.15) is 24.0 Å². The zero-order chi connectivity index (χ0) is 16.4. The second kappa shape index (κ2) is 6.61. The molecule has 0 aliphatic carbocycles. The summed E-state index contributed by atoms with van der Waals surface area (Å²) in [5.41, 5.74) is 4.22. The van der Waals surface area contributed by atoms with E-state index in [2.05, 4.69) is 11.9 Å². The van der Waals surface area contributed by atoms with E-state index in [0.717, 1.165) is 28.8 Å². The van der Waals surface area contributed by atoms with Crippen LogP contribution >= 0.6 is 23.2 Å². The van der Waals surface area contributed by atoms with E-state index in [0.29, 0.717) is 22.0 Å². The van der Waals surface area contributed by atoms with Gasteiger partial charge in [-0.3, -0.25) is 4.79 Å². The Morgan fingerprint density at radius 2 is 1.91 bits per heavy atom. The summed E-state index contributed by atoms with van der Waals surface area (Å²) in [6.45, 7) is 3.78. The van der Waals surface area contributed by atoms with Crippen LogP contribution in [0.2, 0.25) is 10.0 Å². The first kappa shape index (κ1) is 15.9. The van der Waals surface area contributed by atoms with Crippen molar-refractivity contribution in [3.8, 4) is 0 Å². The van der Waals surface area contributed by atoms with Gasteiger partial charge in [-0.05, 0) is 48.2 Å². The SMILES string of the molecule is C=CCC/C(=C1/C(=O)Nc2cc(Cl)ccc21)c1cccc(Cl)c1. The minimum Gasteiger partial charge on any atom is -0.321 e. The number of fused-ring (bicyclic) bond motifs is 1. The fourth-order valence-electron chi connectivity index (χ4n) is 2.78. The average molecular weight is 344 g/mol. The Labute approximate surface area is 145 Å². The summed E-state index contributed by atoms with van der Waals surface area (Å²) < 4.78 is 0. The minimum absolute atomic E-state index is 0.110. The summed E-state index contributed by atoms with van der Waals surface area (Å²) in [7, 11) is 0. The summed E-state index contributed by atoms with van der Waals surface area (Å²) in [6.07, 6.45) is 3.34. The molecule has 23 heavy (non-hydrogen) atoms. The Morgan fingerprint density at radius 1 is 1.13 bits per heavy atom. The maximum atomic E-state index is 12.5. The summed E-state index contributed by atoms with van der Waals surface area (Å²) in [6, 6.07) is 13.0. The van der Waals surface area contributed by atoms with E-state index in [1.165, 1.54) is 0 Å². The number of amides is 1. The second-order valence-corrected chi connectivity index (χ2v) is 6.21. The number of rotatable bonds is 4. The minimum atomic E-state index is -0.110. The lowest BCUT2D eigenvalue weighted by Gasteiger charge is -2.11. The van der Waals surface area contributed by atoms with E-state index in [1.54, 1.807) is 12.1 Å². The predicted octanol–water partition coefficient (Wildman–Crippen LogP) is 5.82. The van der Waals surface area contributed by atoms with E-state index >= 15 is 0 Å². The number of halogens is 2. The molecule has 2 nitrogen and oxygen atoms in total. The lowest BCUT2D eigenvalue weighted by molar-refractivity contribution is -0.110. The molecule has 1 heterocycles. The van der Waals surface area contributed by atoms with Crippen LogP contribution in [0.25, 0.3) is 11.1 Å². The highest BCUT2D eigenvalue weighted by Crippen LogP contribution is 2.40. The Kier molecular flexibility index (Phi) is 4.56. The van der Waals surface area contributed by atoms with Crippen molar-refractivity contribution in [2.24, 2.45) is 0 Å². The maximum absolute atomic E-state index is 12.5. The van der Waals surface area contributed by atoms with Crippen LogP contribution in [0.3, 0.4) is 0 Å². The molecule has 2 aromatic carbocycles. The Hall–Kier alpha value is -2.03. The van der Waals surface area contributed by atoms with Gasteiger partial charge in [0.25, 0.3) is 5.91 Å². The molecule has 116 valence electrons. The number of hydrogen-bond donors (Lipinski definition) is 1. The van der Waals surface area contributed by atoms with Gasteiger partial charge in [-0.1, -0.05) is 47.5 Å². The molecule has 0 fully saturated rings. The van der Waals surface area contributed by atoms with Crippen LogP contribution < -0.4 is 5.32 Å². The van der Waals surface area contributed by atoms with E-state index in [9.17, 15) is 4.79 Å². The van der Waals surface area contributed by atoms with Gasteiger partial charge in [-0.2, -0.15) is 0 Å². The standard InChI is InChI=1S/C19H15Cl2NO/c1-2-3-7-15(12-5-4-6-13(20)10-12)18-16-9-8-14(21)11-17(16)22-19(18)23/h2,4-6,8-11H,1,3,7H2,(H,22,23)/b18-15-. The highest BCUT2D eigenvalue weighted by Gasteiger charge is 2.27. The third-order valence-corrected chi connectivity index (χ3v) is 4.27. The summed E-state index contributed by atoms with van der Waals surface area (Å²) in [4.78, 5) is 12.5. The third kappa shape index (κ3) is 3.19. The first-order valence-electron chi connectivity index (χ1n) is 7.31. The van der Waals surface area contributed by atoms with Gasteiger partial charge < -0.3 is 5.32 Å². The van der Waals surface area contributed by atoms with Gasteiger partial charge in [0.2, 0.25) is 0 Å². The van der Waals surface area contributed by atoms with E-state index in [1.807, 2.05) is 36.4 Å². The van der Waals surface area contributed by atoms with Gasteiger partial charge in [0, 0.05) is 15.6 Å². The van der Waals surface area contributed by atoms with Gasteiger partial charge in [-0.15, -0.1) is 6.58 Å². The van der Waals surface area contributed by atoms with Gasteiger partial charge in [-0.25, -0.2) is 0 Å². The van der Waals surface area contributed by atoms with Crippen molar-refractivity contribution >= 4 is 45.9 Å². The van der Waals surface area contributed by atoms with Crippen molar-refractivity contribution in [2.45, 2.75) is 12.8 Å². The van der Waals surface area contributed by atoms with E-state index in [4.69, 9.17) is 23.2 Å². The Bertz CT molecular complexity index is 824. The second-order valence-electron chi connectivity index (χ2n) is 5.34. The van der Waals surface area contributed by atoms with Crippen LogP contribution in [0, 0.1) is 0 Å². The molecule has 0 saturated carbocycles. The van der Waals surface area contributed by atoms with Crippen LogP contribution in [0.4, 0.5) is 5.69 Å². The highest BCUT2D eigenvalue weighted by atomic mass is 35.5. The smallest absolute Gasteiger partial charge is 0.256 e. The Balaban J connectivity index is 2.20. The topological polar surface area (TPSA) is 29.1 Å². The molecule has 0 aromatic heterocycles. The van der Waals surface area contributed by atoms with Gasteiger partial charge in [0.1, 0.15) is 0 Å². The van der Waals surface area contributed by atoms with Crippen LogP contribution in [0.15, 0.2) is 55.1 Å². The number of hydrogen-bond acceptors (Lipinski definition) is 1. The molecule has 0 unspecified atom stereocenters. The number of allylic oxidation sites excluding steroid dienone is 2. The number of carbonyl (C=O) groups is 1. The molecular formula is C19H15Cl2NO. The van der Waals surface area contributed by atoms with Crippen LogP contribution in [0.5, 0.6) is 0 Å². The molecule has 1 N–H and O–H groups in total. The van der Waals surface area contributed by atoms with Gasteiger partial charge in [0.15, 0.2) is 0 Å². The fraction of sp³-hybridized carbons (Fsp3) is 0.105. The number of carbonyl (C=O) groups excluding carboxylic acids is 1. The van der Waals surface area contributed by atoms with Crippen molar-refractivity contribution in [1.82, 2.24) is 0 Å². The molecule has 0 spiro atoms. The molecule has 2 aromatic rings. The normalized spacial score (nSPS) is 15.1. The summed E-state index contributed by atoms with van der Waals surface area (Å²) >= 11 is 12.1. The average Bonchev–Trinajstić information content (AvgIpc) is 2.83. The summed E-state index contributed by atoms with van der Waals surface area (Å²) in [5.74, 6) is -0.110. The highest BCUT2D eigenvalue weighted by molar-refractivity contribution is 6.38. The maximum Gasteiger partial charge on any atom is 0.256 e. The largest absolute Gasteiger partial charge is 0.321 e. The van der Waals surface area contributed by atoms with E-state index in [-0.39, 0.29) is 5.91 Å². The molecule has 1 aliphatic heterocycles. The third-order valence-electron chi connectivity index (χ3n) is 3.80. The van der Waals surface area contributed by atoms with E-state index < -0.39 is 0 Å². The van der Waals surface area contributed by atoms with Crippen LogP contribution in [-0.4, -0.2) is 5.91 Å². The molecule has 1 amide bonds. The molecule has 0 bridgehead atoms. The van der Waals surface area contributed by atoms with Crippen molar-refractivity contribution in [3.05, 3.63) is 76.3 Å². The van der Waals surface area contributed by atoms with Crippen LogP contribution in [-0.2, 0) is 4.79 Å². The Morgan fingerprint density at radius 3 is 2.65 bits per heavy atom. The number of anilines is 1. The number of benzene rings is 2. The zero-order valence-corrected chi connectivity index (χ0v) is 13.9. The monoisotopic (exact) mass is 343 g/mol.